The molecule has 0 unspecified atom stereocenters. The van der Waals surface area contributed by atoms with Crippen LogP contribution in [-0.2, 0) is 20.8 Å². The van der Waals surface area contributed by atoms with E-state index >= 15 is 0 Å². The van der Waals surface area contributed by atoms with Gasteiger partial charge < -0.3 is 14.4 Å². The summed E-state index contributed by atoms with van der Waals surface area (Å²) in [6.07, 6.45) is 3.25. The molecular weight excluding hydrogens is 356 g/mol. The first-order valence-electron chi connectivity index (χ1n) is 10.1. The van der Waals surface area contributed by atoms with Crippen molar-refractivity contribution in [1.29, 1.82) is 0 Å². The molecule has 0 aliphatic carbocycles. The van der Waals surface area contributed by atoms with Crippen molar-refractivity contribution in [2.24, 2.45) is 0 Å². The number of morpholine rings is 1. The van der Waals surface area contributed by atoms with Gasteiger partial charge in [-0.05, 0) is 31.0 Å². The molecule has 2 aromatic rings. The minimum absolute atomic E-state index is 0.0894. The van der Waals surface area contributed by atoms with E-state index in [-0.39, 0.29) is 12.0 Å². The molecule has 2 fully saturated rings. The van der Waals surface area contributed by atoms with Crippen LogP contribution in [0.5, 0.6) is 0 Å². The standard InChI is InChI=1S/C21H28N4O3/c26-21(20-7-4-14-28-20)24(11-10-23-12-15-27-16-13-23)17-19-8-9-22-25(19)18-5-2-1-3-6-18/h1-3,5-6,8-9,20H,4,7,10-17H2/t20-/m0/s1. The molecule has 1 aromatic carbocycles. The van der Waals surface area contributed by atoms with Gasteiger partial charge in [-0.2, -0.15) is 5.10 Å². The molecule has 2 aliphatic heterocycles. The summed E-state index contributed by atoms with van der Waals surface area (Å²) >= 11 is 0. The lowest BCUT2D eigenvalue weighted by Crippen LogP contribution is -2.45. The molecule has 2 aliphatic rings. The largest absolute Gasteiger partial charge is 0.379 e. The summed E-state index contributed by atoms with van der Waals surface area (Å²) in [6.45, 7) is 6.10. The number of hydrogen-bond acceptors (Lipinski definition) is 5. The Balaban J connectivity index is 1.48. The zero-order chi connectivity index (χ0) is 19.2. The quantitative estimate of drug-likeness (QED) is 0.727. The van der Waals surface area contributed by atoms with Crippen molar-refractivity contribution in [3.05, 3.63) is 48.3 Å². The zero-order valence-corrected chi connectivity index (χ0v) is 16.2. The molecule has 0 N–H and O–H groups in total. The van der Waals surface area contributed by atoms with Crippen molar-refractivity contribution in [1.82, 2.24) is 19.6 Å². The van der Waals surface area contributed by atoms with Gasteiger partial charge in [0, 0.05) is 39.0 Å². The third-order valence-electron chi connectivity index (χ3n) is 5.38. The summed E-state index contributed by atoms with van der Waals surface area (Å²) in [5.74, 6) is 0.0894. The Hall–Kier alpha value is -2.22. The Morgan fingerprint density at radius 3 is 2.71 bits per heavy atom. The van der Waals surface area contributed by atoms with Crippen LogP contribution in [0.25, 0.3) is 5.69 Å². The summed E-state index contributed by atoms with van der Waals surface area (Å²) in [6, 6.07) is 12.0. The zero-order valence-electron chi connectivity index (χ0n) is 16.2. The van der Waals surface area contributed by atoms with Crippen LogP contribution in [0, 0.1) is 0 Å². The van der Waals surface area contributed by atoms with Gasteiger partial charge in [0.1, 0.15) is 6.10 Å². The molecule has 3 heterocycles. The van der Waals surface area contributed by atoms with Gasteiger partial charge in [0.2, 0.25) is 0 Å². The van der Waals surface area contributed by atoms with Gasteiger partial charge in [0.15, 0.2) is 0 Å². The van der Waals surface area contributed by atoms with E-state index in [0.717, 1.165) is 57.1 Å². The summed E-state index contributed by atoms with van der Waals surface area (Å²) < 4.78 is 13.0. The van der Waals surface area contributed by atoms with Crippen molar-refractivity contribution >= 4 is 5.91 Å². The minimum atomic E-state index is -0.308. The number of nitrogens with zero attached hydrogens (tertiary/aromatic N) is 4. The van der Waals surface area contributed by atoms with Crippen LogP contribution in [0.1, 0.15) is 18.5 Å². The first-order valence-corrected chi connectivity index (χ1v) is 10.1. The van der Waals surface area contributed by atoms with E-state index < -0.39 is 0 Å². The summed E-state index contributed by atoms with van der Waals surface area (Å²) in [5, 5.41) is 4.47. The Morgan fingerprint density at radius 2 is 1.96 bits per heavy atom. The van der Waals surface area contributed by atoms with Gasteiger partial charge >= 0.3 is 0 Å². The molecule has 28 heavy (non-hydrogen) atoms. The lowest BCUT2D eigenvalue weighted by atomic mass is 10.2. The fraction of sp³-hybridized carbons (Fsp3) is 0.524. The molecule has 1 aromatic heterocycles. The molecular formula is C21H28N4O3. The lowest BCUT2D eigenvalue weighted by Gasteiger charge is -2.31. The van der Waals surface area contributed by atoms with Crippen molar-refractivity contribution in [3.8, 4) is 5.69 Å². The third-order valence-corrected chi connectivity index (χ3v) is 5.38. The van der Waals surface area contributed by atoms with Gasteiger partial charge in [-0.3, -0.25) is 9.69 Å². The molecule has 7 nitrogen and oxygen atoms in total. The van der Waals surface area contributed by atoms with Crippen LogP contribution in [0.3, 0.4) is 0 Å². The maximum absolute atomic E-state index is 13.1. The molecule has 0 saturated carbocycles. The van der Waals surface area contributed by atoms with E-state index in [4.69, 9.17) is 9.47 Å². The van der Waals surface area contributed by atoms with Crippen molar-refractivity contribution in [2.75, 3.05) is 46.0 Å². The highest BCUT2D eigenvalue weighted by Crippen LogP contribution is 2.18. The molecule has 2 saturated heterocycles. The van der Waals surface area contributed by atoms with E-state index in [0.29, 0.717) is 19.7 Å². The number of para-hydroxylation sites is 1. The van der Waals surface area contributed by atoms with E-state index in [1.54, 1.807) is 6.20 Å². The second-order valence-corrected chi connectivity index (χ2v) is 7.29. The predicted octanol–water partition coefficient (Wildman–Crippen LogP) is 1.71. The van der Waals surface area contributed by atoms with Crippen LogP contribution in [-0.4, -0.2) is 77.6 Å². The number of benzene rings is 1. The number of aromatic nitrogens is 2. The highest BCUT2D eigenvalue weighted by molar-refractivity contribution is 5.81. The van der Waals surface area contributed by atoms with Crippen molar-refractivity contribution in [3.63, 3.8) is 0 Å². The first-order chi connectivity index (χ1) is 13.8. The summed E-state index contributed by atoms with van der Waals surface area (Å²) in [7, 11) is 0. The molecule has 0 bridgehead atoms. The Kier molecular flexibility index (Phi) is 6.36. The third kappa shape index (κ3) is 4.60. The second-order valence-electron chi connectivity index (χ2n) is 7.29. The minimum Gasteiger partial charge on any atom is -0.379 e. The number of rotatable bonds is 7. The number of ether oxygens (including phenoxy) is 2. The Bertz CT molecular complexity index is 752. The van der Waals surface area contributed by atoms with Gasteiger partial charge in [-0.25, -0.2) is 4.68 Å². The molecule has 0 spiro atoms. The van der Waals surface area contributed by atoms with Crippen LogP contribution in [0.4, 0.5) is 0 Å². The number of hydrogen-bond donors (Lipinski definition) is 0. The fourth-order valence-electron chi connectivity index (χ4n) is 3.78. The SMILES string of the molecule is O=C([C@@H]1CCCO1)N(CCN1CCOCC1)Cc1ccnn1-c1ccccc1. The smallest absolute Gasteiger partial charge is 0.252 e. The fourth-order valence-corrected chi connectivity index (χ4v) is 3.78. The average molecular weight is 384 g/mol. The lowest BCUT2D eigenvalue weighted by molar-refractivity contribution is -0.142. The Labute approximate surface area is 165 Å². The maximum atomic E-state index is 13.1. The molecule has 4 rings (SSSR count). The van der Waals surface area contributed by atoms with Crippen LogP contribution < -0.4 is 0 Å². The van der Waals surface area contributed by atoms with Crippen molar-refractivity contribution in [2.45, 2.75) is 25.5 Å². The number of carbonyl (C=O) groups is 1. The number of carbonyl (C=O) groups excluding carboxylic acids is 1. The van der Waals surface area contributed by atoms with Crippen LogP contribution in [0.2, 0.25) is 0 Å². The van der Waals surface area contributed by atoms with Crippen LogP contribution in [0.15, 0.2) is 42.6 Å². The Morgan fingerprint density at radius 1 is 1.14 bits per heavy atom. The van der Waals surface area contributed by atoms with Gasteiger partial charge in [-0.15, -0.1) is 0 Å². The normalized spacial score (nSPS) is 20.4. The highest BCUT2D eigenvalue weighted by Gasteiger charge is 2.29. The molecule has 1 atom stereocenters. The summed E-state index contributed by atoms with van der Waals surface area (Å²) in [5.41, 5.74) is 2.00. The van der Waals surface area contributed by atoms with Gasteiger partial charge in [-0.1, -0.05) is 18.2 Å². The number of amides is 1. The van der Waals surface area contributed by atoms with E-state index in [1.807, 2.05) is 46.0 Å². The molecule has 1 amide bonds. The molecule has 150 valence electrons. The average Bonchev–Trinajstić information content (AvgIpc) is 3.44. The van der Waals surface area contributed by atoms with E-state index in [2.05, 4.69) is 10.00 Å². The first kappa shape index (κ1) is 19.1. The monoisotopic (exact) mass is 384 g/mol. The second kappa shape index (κ2) is 9.32. The summed E-state index contributed by atoms with van der Waals surface area (Å²) in [4.78, 5) is 17.4. The van der Waals surface area contributed by atoms with Crippen molar-refractivity contribution < 1.29 is 14.3 Å². The topological polar surface area (TPSA) is 59.8 Å². The highest BCUT2D eigenvalue weighted by atomic mass is 16.5. The van der Waals surface area contributed by atoms with Gasteiger partial charge in [0.25, 0.3) is 5.91 Å². The van der Waals surface area contributed by atoms with Gasteiger partial charge in [0.05, 0.1) is 31.1 Å². The molecule has 7 heteroatoms. The van der Waals surface area contributed by atoms with Crippen LogP contribution >= 0.6 is 0 Å². The maximum Gasteiger partial charge on any atom is 0.252 e. The predicted molar refractivity (Wildman–Crippen MR) is 105 cm³/mol. The van der Waals surface area contributed by atoms with E-state index in [1.165, 1.54) is 0 Å². The van der Waals surface area contributed by atoms with E-state index in [9.17, 15) is 4.79 Å². The molecule has 0 radical (unpaired) electrons.